The minimum absolute atomic E-state index is 0.167. The first-order valence-corrected chi connectivity index (χ1v) is 12.5. The zero-order valence-electron chi connectivity index (χ0n) is 20.9. The van der Waals surface area contributed by atoms with Crippen LogP contribution < -0.4 is 15.5 Å². The lowest BCUT2D eigenvalue weighted by molar-refractivity contribution is 0.238. The van der Waals surface area contributed by atoms with Crippen LogP contribution in [0.4, 0.5) is 26.2 Å². The summed E-state index contributed by atoms with van der Waals surface area (Å²) in [5.41, 5.74) is 8.52. The van der Waals surface area contributed by atoms with Crippen molar-refractivity contribution in [2.75, 3.05) is 68.0 Å². The zero-order valence-corrected chi connectivity index (χ0v) is 20.9. The molecule has 0 amide bonds. The molecule has 11 heteroatoms. The number of aliphatic hydroxyl groups is 1. The topological polar surface area (TPSA) is 99.6 Å². The first kappa shape index (κ1) is 25.1. The Morgan fingerprint density at radius 1 is 1.00 bits per heavy atom. The Morgan fingerprint density at radius 2 is 1.73 bits per heavy atom. The summed E-state index contributed by atoms with van der Waals surface area (Å²) in [5.74, 6) is 0.678. The van der Waals surface area contributed by atoms with Gasteiger partial charge in [0.15, 0.2) is 5.82 Å². The van der Waals surface area contributed by atoms with Crippen molar-refractivity contribution in [3.05, 3.63) is 59.4 Å². The van der Waals surface area contributed by atoms with Crippen molar-refractivity contribution in [3.8, 4) is 5.82 Å². The summed E-state index contributed by atoms with van der Waals surface area (Å²) in [6.07, 6.45) is 6.87. The normalized spacial score (nSPS) is 18.9. The van der Waals surface area contributed by atoms with Gasteiger partial charge in [-0.15, -0.1) is 0 Å². The maximum absolute atomic E-state index is 13.6. The van der Waals surface area contributed by atoms with Crippen molar-refractivity contribution >= 4 is 23.5 Å². The summed E-state index contributed by atoms with van der Waals surface area (Å²) in [4.78, 5) is 15.2. The number of rotatable bonds is 7. The minimum atomic E-state index is -0.552. The SMILES string of the molecule is Cc1c(C=CCN2CCN(c3cc(F)cc(F)c3)CC2)cnn1-c1cc(N2CC[C@H](CO)C2)nc(N)n1. The van der Waals surface area contributed by atoms with Gasteiger partial charge in [0.1, 0.15) is 17.5 Å². The number of nitrogens with two attached hydrogens (primary N) is 1. The Bertz CT molecular complexity index is 1250. The van der Waals surface area contributed by atoms with Crippen molar-refractivity contribution in [3.63, 3.8) is 0 Å². The largest absolute Gasteiger partial charge is 0.396 e. The van der Waals surface area contributed by atoms with Crippen LogP contribution in [0.5, 0.6) is 0 Å². The van der Waals surface area contributed by atoms with Gasteiger partial charge >= 0.3 is 0 Å². The molecule has 0 unspecified atom stereocenters. The molecule has 196 valence electrons. The maximum atomic E-state index is 13.6. The molecule has 2 aliphatic heterocycles. The van der Waals surface area contributed by atoms with Crippen molar-refractivity contribution in [1.29, 1.82) is 0 Å². The second-order valence-electron chi connectivity index (χ2n) is 9.64. The van der Waals surface area contributed by atoms with Crippen LogP contribution in [-0.2, 0) is 0 Å². The summed E-state index contributed by atoms with van der Waals surface area (Å²) in [6, 6.07) is 5.54. The summed E-state index contributed by atoms with van der Waals surface area (Å²) in [7, 11) is 0. The number of aromatic nitrogens is 4. The number of benzene rings is 1. The van der Waals surface area contributed by atoms with Crippen LogP contribution in [0.1, 0.15) is 17.7 Å². The van der Waals surface area contributed by atoms with Gasteiger partial charge in [0.05, 0.1) is 11.9 Å². The van der Waals surface area contributed by atoms with E-state index < -0.39 is 11.6 Å². The van der Waals surface area contributed by atoms with Gasteiger partial charge in [-0.2, -0.15) is 15.1 Å². The molecule has 3 N–H and O–H groups in total. The van der Waals surface area contributed by atoms with Crippen molar-refractivity contribution < 1.29 is 13.9 Å². The van der Waals surface area contributed by atoms with E-state index in [0.717, 1.165) is 62.3 Å². The zero-order chi connectivity index (χ0) is 25.9. The van der Waals surface area contributed by atoms with E-state index in [1.54, 1.807) is 10.9 Å². The Balaban J connectivity index is 1.20. The molecule has 0 radical (unpaired) electrons. The fraction of sp³-hybridized carbons (Fsp3) is 0.423. The van der Waals surface area contributed by atoms with E-state index >= 15 is 0 Å². The Labute approximate surface area is 214 Å². The fourth-order valence-electron chi connectivity index (χ4n) is 4.96. The van der Waals surface area contributed by atoms with Gasteiger partial charge in [-0.1, -0.05) is 12.2 Å². The predicted molar refractivity (Wildman–Crippen MR) is 140 cm³/mol. The molecule has 5 rings (SSSR count). The highest BCUT2D eigenvalue weighted by Crippen LogP contribution is 2.25. The maximum Gasteiger partial charge on any atom is 0.224 e. The van der Waals surface area contributed by atoms with Gasteiger partial charge in [0.2, 0.25) is 5.95 Å². The Kier molecular flexibility index (Phi) is 7.33. The van der Waals surface area contributed by atoms with E-state index in [2.05, 4.69) is 30.9 Å². The van der Waals surface area contributed by atoms with Gasteiger partial charge in [-0.3, -0.25) is 4.90 Å². The van der Waals surface area contributed by atoms with E-state index in [4.69, 9.17) is 5.73 Å². The lowest BCUT2D eigenvalue weighted by atomic mass is 10.1. The molecule has 2 saturated heterocycles. The van der Waals surface area contributed by atoms with Crippen LogP contribution in [-0.4, -0.2) is 82.2 Å². The monoisotopic (exact) mass is 510 g/mol. The van der Waals surface area contributed by atoms with Gasteiger partial charge in [-0.05, 0) is 25.5 Å². The second-order valence-corrected chi connectivity index (χ2v) is 9.64. The van der Waals surface area contributed by atoms with Crippen LogP contribution in [0.2, 0.25) is 0 Å². The summed E-state index contributed by atoms with van der Waals surface area (Å²) < 4.78 is 28.9. The minimum Gasteiger partial charge on any atom is -0.396 e. The average molecular weight is 511 g/mol. The van der Waals surface area contributed by atoms with Crippen LogP contribution in [0.15, 0.2) is 36.5 Å². The van der Waals surface area contributed by atoms with Gasteiger partial charge in [-0.25, -0.2) is 13.5 Å². The smallest absolute Gasteiger partial charge is 0.224 e. The van der Waals surface area contributed by atoms with Crippen molar-refractivity contribution in [1.82, 2.24) is 24.6 Å². The Morgan fingerprint density at radius 3 is 2.43 bits per heavy atom. The molecular weight excluding hydrogens is 478 g/mol. The van der Waals surface area contributed by atoms with Gasteiger partial charge in [0.25, 0.3) is 0 Å². The molecule has 1 atom stereocenters. The number of nitrogen functional groups attached to an aromatic ring is 1. The highest BCUT2D eigenvalue weighted by Gasteiger charge is 2.24. The van der Waals surface area contributed by atoms with E-state index in [0.29, 0.717) is 24.6 Å². The number of anilines is 3. The predicted octanol–water partition coefficient (Wildman–Crippen LogP) is 2.49. The van der Waals surface area contributed by atoms with E-state index in [-0.39, 0.29) is 18.5 Å². The molecule has 4 heterocycles. The number of hydrogen-bond acceptors (Lipinski definition) is 8. The van der Waals surface area contributed by atoms with E-state index in [9.17, 15) is 13.9 Å². The third kappa shape index (κ3) is 5.72. The summed E-state index contributed by atoms with van der Waals surface area (Å²) in [6.45, 7) is 7.50. The Hall–Kier alpha value is -3.57. The lowest BCUT2D eigenvalue weighted by Gasteiger charge is -2.35. The summed E-state index contributed by atoms with van der Waals surface area (Å²) in [5, 5.41) is 14.0. The molecule has 2 aliphatic rings. The number of aliphatic hydroxyl groups excluding tert-OH is 1. The van der Waals surface area contributed by atoms with Crippen molar-refractivity contribution in [2.45, 2.75) is 13.3 Å². The quantitative estimate of drug-likeness (QED) is 0.500. The fourth-order valence-corrected chi connectivity index (χ4v) is 4.96. The number of piperazine rings is 1. The van der Waals surface area contributed by atoms with Crippen LogP contribution in [0.3, 0.4) is 0 Å². The number of nitrogens with zero attached hydrogens (tertiary/aromatic N) is 7. The van der Waals surface area contributed by atoms with Crippen LogP contribution >= 0.6 is 0 Å². The van der Waals surface area contributed by atoms with Gasteiger partial charge < -0.3 is 20.6 Å². The molecule has 37 heavy (non-hydrogen) atoms. The van der Waals surface area contributed by atoms with Crippen molar-refractivity contribution in [2.24, 2.45) is 5.92 Å². The molecule has 2 fully saturated rings. The van der Waals surface area contributed by atoms with Crippen LogP contribution in [0.25, 0.3) is 11.9 Å². The second kappa shape index (κ2) is 10.8. The molecule has 9 nitrogen and oxygen atoms in total. The molecule has 1 aromatic carbocycles. The van der Waals surface area contributed by atoms with Crippen LogP contribution in [0, 0.1) is 24.5 Å². The highest BCUT2D eigenvalue weighted by molar-refractivity contribution is 5.54. The summed E-state index contributed by atoms with van der Waals surface area (Å²) >= 11 is 0. The van der Waals surface area contributed by atoms with E-state index in [1.807, 2.05) is 24.0 Å². The van der Waals surface area contributed by atoms with E-state index in [1.165, 1.54) is 12.1 Å². The molecular formula is C26H32F2N8O. The first-order valence-electron chi connectivity index (χ1n) is 12.5. The highest BCUT2D eigenvalue weighted by atomic mass is 19.1. The molecule has 2 aromatic heterocycles. The average Bonchev–Trinajstić information content (AvgIpc) is 3.50. The molecule has 0 aliphatic carbocycles. The lowest BCUT2D eigenvalue weighted by Crippen LogP contribution is -2.46. The number of hydrogen-bond donors (Lipinski definition) is 2. The number of halogens is 2. The molecule has 0 bridgehead atoms. The third-order valence-electron chi connectivity index (χ3n) is 7.09. The van der Waals surface area contributed by atoms with Gasteiger partial charge in [0, 0.05) is 81.7 Å². The molecule has 0 saturated carbocycles. The molecule has 0 spiro atoms. The molecule has 3 aromatic rings. The first-order chi connectivity index (χ1) is 17.9. The standard InChI is InChI=1S/C26H32F2N8O/c1-18-20(3-2-5-33-7-9-34(10-8-33)23-12-21(27)11-22(28)13-23)15-30-36(18)25-14-24(31-26(29)32-25)35-6-4-19(16-35)17-37/h2-3,11-15,19,37H,4-10,16-17H2,1H3,(H2,29,31,32)/t19-/m0/s1. The third-order valence-corrected chi connectivity index (χ3v) is 7.09.